The van der Waals surface area contributed by atoms with Crippen molar-refractivity contribution in [2.45, 2.75) is 0 Å². The third-order valence-corrected chi connectivity index (χ3v) is 3.40. The zero-order chi connectivity index (χ0) is 12.5. The normalized spacial score (nSPS) is 13.7. The fourth-order valence-corrected chi connectivity index (χ4v) is 2.45. The molecule has 0 N–H and O–H groups in total. The minimum atomic E-state index is 0.178. The number of fused-ring (bicyclic) bond motifs is 1. The predicted molar refractivity (Wildman–Crippen MR) is 73.7 cm³/mol. The Labute approximate surface area is 108 Å². The van der Waals surface area contributed by atoms with Gasteiger partial charge in [-0.25, -0.2) is 4.57 Å². The van der Waals surface area contributed by atoms with Gasteiger partial charge in [0.05, 0.1) is 5.59 Å². The second kappa shape index (κ2) is 4.29. The summed E-state index contributed by atoms with van der Waals surface area (Å²) in [6, 6.07) is 10.4. The molecule has 0 unspecified atom stereocenters. The highest BCUT2D eigenvalue weighted by Crippen LogP contribution is 2.07. The van der Waals surface area contributed by atoms with Crippen LogP contribution in [0.25, 0.3) is 6.08 Å². The summed E-state index contributed by atoms with van der Waals surface area (Å²) in [4.78, 5) is 6.76. The number of hydrogen-bond donors (Lipinski definition) is 0. The first-order valence-electron chi connectivity index (χ1n) is 6.07. The smallest absolute Gasteiger partial charge is 0.410 e. The Hall–Kier alpha value is -2.10. The van der Waals surface area contributed by atoms with Crippen LogP contribution in [0, 0.1) is 0 Å². The zero-order valence-corrected chi connectivity index (χ0v) is 10.6. The van der Waals surface area contributed by atoms with E-state index in [1.807, 2.05) is 18.3 Å². The molecule has 2 aromatic heterocycles. The van der Waals surface area contributed by atoms with Crippen LogP contribution in [0.15, 0.2) is 48.9 Å². The van der Waals surface area contributed by atoms with Gasteiger partial charge in [0.2, 0.25) is 0 Å². The van der Waals surface area contributed by atoms with Crippen LogP contribution >= 0.6 is 0 Å². The van der Waals surface area contributed by atoms with E-state index in [2.05, 4.69) is 65.1 Å². The number of rotatable bonds is 1. The fraction of sp³-hybridized carbons (Fsp3) is 0.143. The van der Waals surface area contributed by atoms with Crippen LogP contribution in [-0.4, -0.2) is 23.7 Å². The minimum absolute atomic E-state index is 0.178. The van der Waals surface area contributed by atoms with Crippen molar-refractivity contribution in [3.05, 3.63) is 54.5 Å². The quantitative estimate of drug-likeness (QED) is 0.510. The highest BCUT2D eigenvalue weighted by Gasteiger charge is 2.35. The molecule has 0 bridgehead atoms. The number of aromatic nitrogens is 2. The third kappa shape index (κ3) is 1.70. The SMILES string of the molecule is CN1C=Cc2cccnc2B1c1cccc[n+]1C. The van der Waals surface area contributed by atoms with Gasteiger partial charge in [0.15, 0.2) is 11.8 Å². The first-order valence-corrected chi connectivity index (χ1v) is 6.07. The molecule has 0 saturated carbocycles. The molecule has 4 heteroatoms. The van der Waals surface area contributed by atoms with Crippen molar-refractivity contribution in [1.82, 2.24) is 9.79 Å². The first kappa shape index (κ1) is 11.0. The molecule has 1 aliphatic heterocycles. The van der Waals surface area contributed by atoms with E-state index in [-0.39, 0.29) is 6.85 Å². The zero-order valence-electron chi connectivity index (χ0n) is 10.6. The molecule has 0 radical (unpaired) electrons. The Bertz CT molecular complexity index is 609. The van der Waals surface area contributed by atoms with Gasteiger partial charge < -0.3 is 4.81 Å². The summed E-state index contributed by atoms with van der Waals surface area (Å²) in [5, 5.41) is 0. The van der Waals surface area contributed by atoms with Crippen LogP contribution in [0.3, 0.4) is 0 Å². The van der Waals surface area contributed by atoms with E-state index in [1.54, 1.807) is 0 Å². The van der Waals surface area contributed by atoms with Crippen LogP contribution in [0.2, 0.25) is 0 Å². The van der Waals surface area contributed by atoms with Crippen molar-refractivity contribution in [1.29, 1.82) is 0 Å². The van der Waals surface area contributed by atoms with Gasteiger partial charge in [0.1, 0.15) is 7.05 Å². The van der Waals surface area contributed by atoms with Crippen LogP contribution in [0.1, 0.15) is 5.56 Å². The molecule has 0 aliphatic carbocycles. The van der Waals surface area contributed by atoms with Gasteiger partial charge in [-0.1, -0.05) is 12.1 Å². The lowest BCUT2D eigenvalue weighted by molar-refractivity contribution is -0.654. The van der Waals surface area contributed by atoms with E-state index in [1.165, 1.54) is 11.2 Å². The lowest BCUT2D eigenvalue weighted by atomic mass is 9.51. The van der Waals surface area contributed by atoms with E-state index in [0.717, 1.165) is 5.59 Å². The Morgan fingerprint density at radius 1 is 1.22 bits per heavy atom. The van der Waals surface area contributed by atoms with Crippen LogP contribution < -0.4 is 15.8 Å². The summed E-state index contributed by atoms with van der Waals surface area (Å²) >= 11 is 0. The van der Waals surface area contributed by atoms with Crippen molar-refractivity contribution < 1.29 is 4.57 Å². The van der Waals surface area contributed by atoms with Crippen LogP contribution in [0.5, 0.6) is 0 Å². The summed E-state index contributed by atoms with van der Waals surface area (Å²) in [6.45, 7) is 0.178. The summed E-state index contributed by atoms with van der Waals surface area (Å²) < 4.78 is 2.15. The lowest BCUT2D eigenvalue weighted by Crippen LogP contribution is -2.66. The van der Waals surface area contributed by atoms with Crippen LogP contribution in [0.4, 0.5) is 0 Å². The Balaban J connectivity index is 2.17. The summed E-state index contributed by atoms with van der Waals surface area (Å²) in [5.74, 6) is 0. The number of nitrogens with zero attached hydrogens (tertiary/aromatic N) is 3. The topological polar surface area (TPSA) is 20.0 Å². The summed E-state index contributed by atoms with van der Waals surface area (Å²) in [6.07, 6.45) is 8.16. The maximum absolute atomic E-state index is 4.56. The van der Waals surface area contributed by atoms with Gasteiger partial charge in [-0.05, 0) is 37.0 Å². The lowest BCUT2D eigenvalue weighted by Gasteiger charge is -2.25. The van der Waals surface area contributed by atoms with Crippen molar-refractivity contribution in [2.24, 2.45) is 7.05 Å². The molecule has 0 saturated heterocycles. The van der Waals surface area contributed by atoms with Crippen molar-refractivity contribution >= 4 is 24.1 Å². The van der Waals surface area contributed by atoms with Gasteiger partial charge in [0.25, 0.3) is 0 Å². The standard InChI is InChI=1S/C14H15BN3/c1-17-10-4-3-7-13(17)15-14-12(6-5-9-16-14)8-11-18(15)2/h3-11H,1-2H3/q+1. The third-order valence-electron chi connectivity index (χ3n) is 3.40. The summed E-state index contributed by atoms with van der Waals surface area (Å²) in [5.41, 5.74) is 3.55. The van der Waals surface area contributed by atoms with E-state index < -0.39 is 0 Å². The van der Waals surface area contributed by atoms with Gasteiger partial charge >= 0.3 is 6.85 Å². The van der Waals surface area contributed by atoms with E-state index in [9.17, 15) is 0 Å². The first-order chi connectivity index (χ1) is 8.77. The van der Waals surface area contributed by atoms with Crippen molar-refractivity contribution in [2.75, 3.05) is 7.05 Å². The molecular weight excluding hydrogens is 221 g/mol. The van der Waals surface area contributed by atoms with Gasteiger partial charge in [-0.15, -0.1) is 0 Å². The molecule has 0 atom stereocenters. The average Bonchev–Trinajstić information content (AvgIpc) is 2.40. The molecule has 3 heterocycles. The number of pyridine rings is 2. The highest BCUT2D eigenvalue weighted by atomic mass is 15.0. The van der Waals surface area contributed by atoms with Crippen molar-refractivity contribution in [3.8, 4) is 0 Å². The average molecular weight is 236 g/mol. The Morgan fingerprint density at radius 3 is 2.94 bits per heavy atom. The molecule has 0 aromatic carbocycles. The van der Waals surface area contributed by atoms with E-state index in [4.69, 9.17) is 0 Å². The Morgan fingerprint density at radius 2 is 2.11 bits per heavy atom. The Kier molecular flexibility index (Phi) is 2.63. The second-order valence-electron chi connectivity index (χ2n) is 4.60. The molecule has 0 spiro atoms. The molecule has 0 amide bonds. The van der Waals surface area contributed by atoms with E-state index >= 15 is 0 Å². The number of aryl methyl sites for hydroxylation is 1. The monoisotopic (exact) mass is 236 g/mol. The van der Waals surface area contributed by atoms with Gasteiger partial charge in [-0.2, -0.15) is 0 Å². The minimum Gasteiger partial charge on any atom is -0.410 e. The summed E-state index contributed by atoms with van der Waals surface area (Å²) in [7, 11) is 4.16. The molecule has 2 aromatic rings. The highest BCUT2D eigenvalue weighted by molar-refractivity contribution is 6.82. The van der Waals surface area contributed by atoms with Gasteiger partial charge in [0, 0.05) is 12.3 Å². The maximum atomic E-state index is 4.56. The van der Waals surface area contributed by atoms with E-state index in [0.29, 0.717) is 0 Å². The van der Waals surface area contributed by atoms with Gasteiger partial charge in [-0.3, -0.25) is 4.98 Å². The molecule has 18 heavy (non-hydrogen) atoms. The fourth-order valence-electron chi connectivity index (χ4n) is 2.45. The van der Waals surface area contributed by atoms with Crippen LogP contribution in [-0.2, 0) is 7.05 Å². The molecule has 88 valence electrons. The number of hydrogen-bond acceptors (Lipinski definition) is 2. The molecular formula is C14H15BN3+. The molecule has 0 fully saturated rings. The van der Waals surface area contributed by atoms with Crippen molar-refractivity contribution in [3.63, 3.8) is 0 Å². The largest absolute Gasteiger partial charge is 0.422 e. The molecule has 3 nitrogen and oxygen atoms in total. The maximum Gasteiger partial charge on any atom is 0.422 e. The molecule has 1 aliphatic rings. The molecule has 3 rings (SSSR count). The predicted octanol–water partition coefficient (Wildman–Crippen LogP) is -0.0721. The second-order valence-corrected chi connectivity index (χ2v) is 4.60.